The Morgan fingerprint density at radius 1 is 1.35 bits per heavy atom. The first kappa shape index (κ1) is 15.0. The molecule has 2 rings (SSSR count). The van der Waals surface area contributed by atoms with Crippen molar-refractivity contribution in [2.24, 2.45) is 7.05 Å². The lowest BCUT2D eigenvalue weighted by Crippen LogP contribution is -2.22. The molecule has 2 aromatic rings. The summed E-state index contributed by atoms with van der Waals surface area (Å²) in [6, 6.07) is 4.40. The molecule has 108 valence electrons. The van der Waals surface area contributed by atoms with E-state index in [1.807, 2.05) is 31.6 Å². The first-order valence-corrected chi connectivity index (χ1v) is 7.22. The third-order valence-corrected chi connectivity index (χ3v) is 4.22. The van der Waals surface area contributed by atoms with Crippen molar-refractivity contribution < 1.29 is 0 Å². The predicted molar refractivity (Wildman–Crippen MR) is 81.7 cm³/mol. The maximum atomic E-state index is 6.35. The molecule has 1 atom stereocenters. The molecular weight excluding hydrogens is 272 g/mol. The molecule has 0 saturated carbocycles. The van der Waals surface area contributed by atoms with Gasteiger partial charge in [-0.2, -0.15) is 5.10 Å². The fourth-order valence-corrected chi connectivity index (χ4v) is 2.53. The fourth-order valence-electron chi connectivity index (χ4n) is 2.32. The maximum absolute atomic E-state index is 6.35. The third kappa shape index (κ3) is 3.02. The minimum Gasteiger partial charge on any atom is -0.295 e. The highest BCUT2D eigenvalue weighted by Gasteiger charge is 2.18. The van der Waals surface area contributed by atoms with Crippen LogP contribution in [-0.4, -0.2) is 26.7 Å². The van der Waals surface area contributed by atoms with E-state index < -0.39 is 0 Å². The number of nitrogens with zero attached hydrogens (tertiary/aromatic N) is 4. The lowest BCUT2D eigenvalue weighted by Gasteiger charge is -2.25. The molecule has 0 aromatic carbocycles. The van der Waals surface area contributed by atoms with E-state index >= 15 is 0 Å². The van der Waals surface area contributed by atoms with Crippen LogP contribution in [0.4, 0.5) is 0 Å². The SMILES string of the molecule is CCc1nn(C)c(Cl)c1CN(C)[C@H](C)c1ccncc1. The van der Waals surface area contributed by atoms with Crippen molar-refractivity contribution in [2.75, 3.05) is 7.05 Å². The highest BCUT2D eigenvalue weighted by molar-refractivity contribution is 6.30. The van der Waals surface area contributed by atoms with Crippen LogP contribution in [0.5, 0.6) is 0 Å². The van der Waals surface area contributed by atoms with E-state index in [9.17, 15) is 0 Å². The largest absolute Gasteiger partial charge is 0.295 e. The zero-order chi connectivity index (χ0) is 14.7. The van der Waals surface area contributed by atoms with Crippen LogP contribution >= 0.6 is 11.6 Å². The summed E-state index contributed by atoms with van der Waals surface area (Å²) in [5.74, 6) is 0. The summed E-state index contributed by atoms with van der Waals surface area (Å²) in [6.07, 6.45) is 4.55. The van der Waals surface area contributed by atoms with Gasteiger partial charge in [0.15, 0.2) is 0 Å². The second-order valence-electron chi connectivity index (χ2n) is 5.06. The molecule has 0 aliphatic heterocycles. The molecule has 0 fully saturated rings. The molecule has 0 bridgehead atoms. The van der Waals surface area contributed by atoms with Gasteiger partial charge in [0.05, 0.1) is 5.69 Å². The fraction of sp³-hybridized carbons (Fsp3) is 0.467. The van der Waals surface area contributed by atoms with Crippen molar-refractivity contribution in [1.82, 2.24) is 19.7 Å². The summed E-state index contributed by atoms with van der Waals surface area (Å²) in [5.41, 5.74) is 3.45. The Hall–Kier alpha value is -1.39. The average Bonchev–Trinajstić information content (AvgIpc) is 2.75. The molecule has 0 N–H and O–H groups in total. The van der Waals surface area contributed by atoms with Gasteiger partial charge in [0.1, 0.15) is 5.15 Å². The standard InChI is InChI=1S/C15H21ClN4/c1-5-14-13(15(16)20(4)18-14)10-19(3)11(2)12-6-8-17-9-7-12/h6-9,11H,5,10H2,1-4H3/t11-/m1/s1. The summed E-state index contributed by atoms with van der Waals surface area (Å²) in [5, 5.41) is 5.19. The first-order valence-electron chi connectivity index (χ1n) is 6.85. The first-order chi connectivity index (χ1) is 9.54. The Morgan fingerprint density at radius 3 is 2.60 bits per heavy atom. The van der Waals surface area contributed by atoms with Gasteiger partial charge in [0, 0.05) is 37.6 Å². The van der Waals surface area contributed by atoms with Crippen molar-refractivity contribution in [3.63, 3.8) is 0 Å². The minimum absolute atomic E-state index is 0.305. The van der Waals surface area contributed by atoms with Gasteiger partial charge in [-0.1, -0.05) is 18.5 Å². The van der Waals surface area contributed by atoms with Crippen molar-refractivity contribution in [3.05, 3.63) is 46.5 Å². The van der Waals surface area contributed by atoms with Gasteiger partial charge in [0.25, 0.3) is 0 Å². The molecule has 2 heterocycles. The van der Waals surface area contributed by atoms with Gasteiger partial charge < -0.3 is 0 Å². The lowest BCUT2D eigenvalue weighted by atomic mass is 10.1. The van der Waals surface area contributed by atoms with Gasteiger partial charge in [0.2, 0.25) is 0 Å². The highest BCUT2D eigenvalue weighted by Crippen LogP contribution is 2.25. The maximum Gasteiger partial charge on any atom is 0.131 e. The Bertz CT molecular complexity index is 565. The highest BCUT2D eigenvalue weighted by atomic mass is 35.5. The van der Waals surface area contributed by atoms with E-state index in [0.717, 1.165) is 29.4 Å². The quantitative estimate of drug-likeness (QED) is 0.848. The van der Waals surface area contributed by atoms with Crippen molar-refractivity contribution in [2.45, 2.75) is 32.9 Å². The molecule has 5 heteroatoms. The second-order valence-corrected chi connectivity index (χ2v) is 5.42. The van der Waals surface area contributed by atoms with Crippen LogP contribution in [0.2, 0.25) is 5.15 Å². The van der Waals surface area contributed by atoms with Crippen LogP contribution in [0, 0.1) is 0 Å². The Kier molecular flexibility index (Phi) is 4.78. The number of hydrogen-bond donors (Lipinski definition) is 0. The number of pyridine rings is 1. The topological polar surface area (TPSA) is 34.0 Å². The van der Waals surface area contributed by atoms with Crippen LogP contribution in [0.15, 0.2) is 24.5 Å². The molecule has 0 amide bonds. The Morgan fingerprint density at radius 2 is 2.00 bits per heavy atom. The van der Waals surface area contributed by atoms with E-state index in [-0.39, 0.29) is 0 Å². The van der Waals surface area contributed by atoms with Gasteiger partial charge in [-0.25, -0.2) is 0 Å². The molecular formula is C15H21ClN4. The smallest absolute Gasteiger partial charge is 0.131 e. The number of halogens is 1. The Balaban J connectivity index is 2.18. The van der Waals surface area contributed by atoms with Crippen molar-refractivity contribution >= 4 is 11.6 Å². The summed E-state index contributed by atoms with van der Waals surface area (Å²) in [7, 11) is 3.99. The van der Waals surface area contributed by atoms with Crippen LogP contribution in [0.1, 0.15) is 36.7 Å². The van der Waals surface area contributed by atoms with Crippen LogP contribution < -0.4 is 0 Å². The predicted octanol–water partition coefficient (Wildman–Crippen LogP) is 3.22. The Labute approximate surface area is 125 Å². The lowest BCUT2D eigenvalue weighted by molar-refractivity contribution is 0.252. The summed E-state index contributed by atoms with van der Waals surface area (Å²) in [4.78, 5) is 6.34. The molecule has 2 aromatic heterocycles. The van der Waals surface area contributed by atoms with Crippen LogP contribution in [0.25, 0.3) is 0 Å². The molecule has 0 radical (unpaired) electrons. The van der Waals surface area contributed by atoms with Gasteiger partial charge in [-0.3, -0.25) is 14.6 Å². The molecule has 0 unspecified atom stereocenters. The van der Waals surface area contributed by atoms with Crippen LogP contribution in [0.3, 0.4) is 0 Å². The average molecular weight is 293 g/mol. The van der Waals surface area contributed by atoms with E-state index in [1.165, 1.54) is 5.56 Å². The molecule has 0 spiro atoms. The molecule has 0 aliphatic carbocycles. The minimum atomic E-state index is 0.305. The van der Waals surface area contributed by atoms with Gasteiger partial charge in [-0.15, -0.1) is 0 Å². The zero-order valence-electron chi connectivity index (χ0n) is 12.5. The monoisotopic (exact) mass is 292 g/mol. The molecule has 0 aliphatic rings. The number of aromatic nitrogens is 3. The molecule has 4 nitrogen and oxygen atoms in total. The number of aryl methyl sites for hydroxylation is 2. The summed E-state index contributed by atoms with van der Waals surface area (Å²) < 4.78 is 1.75. The van der Waals surface area contributed by atoms with E-state index in [4.69, 9.17) is 11.6 Å². The van der Waals surface area contributed by atoms with Crippen molar-refractivity contribution in [3.8, 4) is 0 Å². The van der Waals surface area contributed by atoms with Crippen molar-refractivity contribution in [1.29, 1.82) is 0 Å². The van der Waals surface area contributed by atoms with E-state index in [0.29, 0.717) is 6.04 Å². The van der Waals surface area contributed by atoms with Crippen LogP contribution in [-0.2, 0) is 20.0 Å². The molecule has 20 heavy (non-hydrogen) atoms. The number of hydrogen-bond acceptors (Lipinski definition) is 3. The van der Waals surface area contributed by atoms with E-state index in [1.54, 1.807) is 4.68 Å². The number of rotatable bonds is 5. The second kappa shape index (κ2) is 6.37. The summed E-state index contributed by atoms with van der Waals surface area (Å²) >= 11 is 6.35. The third-order valence-electron chi connectivity index (χ3n) is 3.74. The normalized spacial score (nSPS) is 12.9. The summed E-state index contributed by atoms with van der Waals surface area (Å²) in [6.45, 7) is 5.08. The van der Waals surface area contributed by atoms with E-state index in [2.05, 4.69) is 35.9 Å². The zero-order valence-corrected chi connectivity index (χ0v) is 13.2. The van der Waals surface area contributed by atoms with Gasteiger partial charge in [-0.05, 0) is 38.1 Å². The molecule has 0 saturated heterocycles. The van der Waals surface area contributed by atoms with Gasteiger partial charge >= 0.3 is 0 Å².